The maximum Gasteiger partial charge on any atom is 0.180 e. The quantitative estimate of drug-likeness (QED) is 0.185. The lowest BCUT2D eigenvalue weighted by atomic mass is 9.80. The lowest BCUT2D eigenvalue weighted by Gasteiger charge is -2.32. The van der Waals surface area contributed by atoms with Gasteiger partial charge in [-0.15, -0.1) is 5.10 Å². The van der Waals surface area contributed by atoms with E-state index in [1.807, 2.05) is 77.5 Å². The molecule has 0 amide bonds. The Hall–Kier alpha value is -3.05. The number of nitrogens with zero attached hydrogens (tertiary/aromatic N) is 6. The monoisotopic (exact) mass is 625 g/mol. The van der Waals surface area contributed by atoms with Crippen LogP contribution < -0.4 is 5.73 Å². The summed E-state index contributed by atoms with van der Waals surface area (Å²) < 4.78 is 4.47. The summed E-state index contributed by atoms with van der Waals surface area (Å²) >= 11 is 14.9. The molecule has 6 aromatic rings. The lowest BCUT2D eigenvalue weighted by Crippen LogP contribution is -2.41. The molecule has 10 heteroatoms. The van der Waals surface area contributed by atoms with Gasteiger partial charge in [0.2, 0.25) is 0 Å². The van der Waals surface area contributed by atoms with E-state index in [1.54, 1.807) is 10.8 Å². The van der Waals surface area contributed by atoms with Crippen LogP contribution in [0.15, 0.2) is 85.3 Å². The van der Waals surface area contributed by atoms with Gasteiger partial charge in [0.25, 0.3) is 0 Å². The highest BCUT2D eigenvalue weighted by molar-refractivity contribution is 14.1. The highest BCUT2D eigenvalue weighted by atomic mass is 127. The van der Waals surface area contributed by atoms with Gasteiger partial charge in [-0.3, -0.25) is 0 Å². The number of hydrogen-bond acceptors (Lipinski definition) is 5. The fourth-order valence-electron chi connectivity index (χ4n) is 4.66. The molecule has 0 aliphatic carbocycles. The number of rotatable bonds is 5. The van der Waals surface area contributed by atoms with Crippen molar-refractivity contribution < 1.29 is 0 Å². The second kappa shape index (κ2) is 9.11. The van der Waals surface area contributed by atoms with Crippen molar-refractivity contribution in [3.8, 4) is 11.1 Å². The first-order valence-electron chi connectivity index (χ1n) is 11.0. The molecule has 2 N–H and O–H groups in total. The van der Waals surface area contributed by atoms with Gasteiger partial charge >= 0.3 is 0 Å². The van der Waals surface area contributed by atoms with Crippen molar-refractivity contribution in [2.75, 3.05) is 0 Å². The molecule has 3 aromatic heterocycles. The maximum atomic E-state index is 7.35. The molecule has 1 unspecified atom stereocenters. The number of halogens is 3. The van der Waals surface area contributed by atoms with Crippen molar-refractivity contribution in [1.82, 2.24) is 29.6 Å². The minimum Gasteiger partial charge on any atom is -0.323 e. The number of hydrogen-bond donors (Lipinski definition) is 1. The van der Waals surface area contributed by atoms with Crippen molar-refractivity contribution >= 4 is 62.3 Å². The molecule has 3 heterocycles. The van der Waals surface area contributed by atoms with E-state index in [-0.39, 0.29) is 0 Å². The SMILES string of the molecule is NC(c1ccc(Cl)cc1)(c1ccc2c(c1)c(-c1cccc(Cl)c1)cc1nnnn12)c1cncn1CI. The van der Waals surface area contributed by atoms with Gasteiger partial charge in [0, 0.05) is 15.4 Å². The fourth-order valence-corrected chi connectivity index (χ4v) is 5.52. The summed E-state index contributed by atoms with van der Waals surface area (Å²) in [5, 5.41) is 14.5. The van der Waals surface area contributed by atoms with Gasteiger partial charge in [0.1, 0.15) is 5.54 Å². The molecule has 0 saturated carbocycles. The molecule has 1 atom stereocenters. The van der Waals surface area contributed by atoms with E-state index in [2.05, 4.69) is 49.2 Å². The molecular weight excluding hydrogens is 608 g/mol. The third-order valence-electron chi connectivity index (χ3n) is 6.42. The van der Waals surface area contributed by atoms with E-state index < -0.39 is 5.54 Å². The first-order chi connectivity index (χ1) is 17.5. The van der Waals surface area contributed by atoms with Crippen LogP contribution in [0.4, 0.5) is 0 Å². The van der Waals surface area contributed by atoms with Crippen LogP contribution in [-0.2, 0) is 10.1 Å². The van der Waals surface area contributed by atoms with Gasteiger partial charge in [-0.1, -0.05) is 76.1 Å². The fraction of sp³-hybridized carbons (Fsp3) is 0.0769. The van der Waals surface area contributed by atoms with Crippen LogP contribution in [0.1, 0.15) is 16.8 Å². The molecule has 0 bridgehead atoms. The van der Waals surface area contributed by atoms with E-state index >= 15 is 0 Å². The second-order valence-electron chi connectivity index (χ2n) is 8.43. The molecule has 0 radical (unpaired) electrons. The van der Waals surface area contributed by atoms with Crippen molar-refractivity contribution in [1.29, 1.82) is 0 Å². The number of fused-ring (bicyclic) bond motifs is 3. The van der Waals surface area contributed by atoms with Gasteiger partial charge in [0.15, 0.2) is 5.65 Å². The third-order valence-corrected chi connectivity index (χ3v) is 7.64. The minimum atomic E-state index is -0.998. The number of aromatic nitrogens is 6. The van der Waals surface area contributed by atoms with E-state index in [0.717, 1.165) is 38.9 Å². The average molecular weight is 626 g/mol. The van der Waals surface area contributed by atoms with Crippen molar-refractivity contribution in [2.24, 2.45) is 5.73 Å². The van der Waals surface area contributed by atoms with Crippen molar-refractivity contribution in [2.45, 2.75) is 10.1 Å². The Bertz CT molecular complexity index is 1730. The number of imidazole rings is 1. The van der Waals surface area contributed by atoms with Crippen LogP contribution in [-0.4, -0.2) is 29.6 Å². The van der Waals surface area contributed by atoms with E-state index in [4.69, 9.17) is 28.9 Å². The zero-order valence-electron chi connectivity index (χ0n) is 18.7. The smallest absolute Gasteiger partial charge is 0.180 e. The molecule has 6 rings (SSSR count). The van der Waals surface area contributed by atoms with Gasteiger partial charge in [-0.25, -0.2) is 4.98 Å². The number of benzene rings is 3. The molecule has 0 spiro atoms. The predicted octanol–water partition coefficient (Wildman–Crippen LogP) is 6.09. The van der Waals surface area contributed by atoms with Crippen LogP contribution in [0.2, 0.25) is 10.0 Å². The molecule has 0 aliphatic heterocycles. The number of pyridine rings is 1. The predicted molar refractivity (Wildman–Crippen MR) is 151 cm³/mol. The molecule has 7 nitrogen and oxygen atoms in total. The van der Waals surface area contributed by atoms with Crippen LogP contribution in [0.25, 0.3) is 27.7 Å². The normalized spacial score (nSPS) is 13.3. The summed E-state index contributed by atoms with van der Waals surface area (Å²) in [6, 6.07) is 23.5. The highest BCUT2D eigenvalue weighted by Crippen LogP contribution is 2.39. The first-order valence-corrected chi connectivity index (χ1v) is 13.3. The average Bonchev–Trinajstić information content (AvgIpc) is 3.57. The lowest BCUT2D eigenvalue weighted by molar-refractivity contribution is 0.596. The van der Waals surface area contributed by atoms with E-state index in [9.17, 15) is 0 Å². The Labute approximate surface area is 230 Å². The maximum absolute atomic E-state index is 7.35. The van der Waals surface area contributed by atoms with Crippen molar-refractivity contribution in [3.05, 3.63) is 112 Å². The molecule has 0 fully saturated rings. The Kier molecular flexibility index (Phi) is 5.91. The van der Waals surface area contributed by atoms with E-state index in [1.165, 1.54) is 0 Å². The number of nitrogens with two attached hydrogens (primary N) is 1. The summed E-state index contributed by atoms with van der Waals surface area (Å²) in [4.78, 5) is 4.41. The largest absolute Gasteiger partial charge is 0.323 e. The second-order valence-corrected chi connectivity index (χ2v) is 9.99. The third kappa shape index (κ3) is 3.76. The Morgan fingerprint density at radius 1 is 0.917 bits per heavy atom. The zero-order valence-corrected chi connectivity index (χ0v) is 22.4. The Morgan fingerprint density at radius 3 is 2.50 bits per heavy atom. The summed E-state index contributed by atoms with van der Waals surface area (Å²) in [6.07, 6.45) is 3.61. The summed E-state index contributed by atoms with van der Waals surface area (Å²) in [6.45, 7) is 0. The summed E-state index contributed by atoms with van der Waals surface area (Å²) in [7, 11) is 0. The zero-order chi connectivity index (χ0) is 24.9. The van der Waals surface area contributed by atoms with Crippen LogP contribution >= 0.6 is 45.8 Å². The summed E-state index contributed by atoms with van der Waals surface area (Å²) in [5.41, 5.74) is 12.4. The topological polar surface area (TPSA) is 86.9 Å². The van der Waals surface area contributed by atoms with Gasteiger partial charge in [-0.2, -0.15) is 4.52 Å². The standard InChI is InChI=1S/C26H18Cl2IN7/c27-19-7-4-17(5-8-19)26(30,24-13-31-15-35(24)14-29)18-6-9-23-22(11-18)21(12-25-32-33-34-36(23)25)16-2-1-3-20(28)10-16/h1-13,15H,14,30H2. The molecule has 0 saturated heterocycles. The van der Waals surface area contributed by atoms with Crippen LogP contribution in [0.3, 0.4) is 0 Å². The van der Waals surface area contributed by atoms with Gasteiger partial charge in [0.05, 0.1) is 28.3 Å². The minimum absolute atomic E-state index is 0.643. The number of tetrazole rings is 1. The molecule has 178 valence electrons. The van der Waals surface area contributed by atoms with Gasteiger partial charge in [-0.05, 0) is 75.1 Å². The highest BCUT2D eigenvalue weighted by Gasteiger charge is 2.35. The van der Waals surface area contributed by atoms with Crippen molar-refractivity contribution in [3.63, 3.8) is 0 Å². The summed E-state index contributed by atoms with van der Waals surface area (Å²) in [5.74, 6) is 0. The molecule has 0 aliphatic rings. The Morgan fingerprint density at radius 2 is 1.72 bits per heavy atom. The number of alkyl halides is 1. The molecular formula is C26H18Cl2IN7. The first kappa shape index (κ1) is 23.4. The molecule has 36 heavy (non-hydrogen) atoms. The molecule has 3 aromatic carbocycles. The van der Waals surface area contributed by atoms with Gasteiger partial charge < -0.3 is 10.3 Å². The van der Waals surface area contributed by atoms with Crippen LogP contribution in [0, 0.1) is 0 Å². The van der Waals surface area contributed by atoms with Crippen LogP contribution in [0.5, 0.6) is 0 Å². The Balaban J connectivity index is 1.68. The van der Waals surface area contributed by atoms with E-state index in [0.29, 0.717) is 20.2 Å².